The molecule has 142 valence electrons. The Kier molecular flexibility index (Phi) is 10.2. The molecule has 0 aliphatic rings. The van der Waals surface area contributed by atoms with Gasteiger partial charge in [-0.1, -0.05) is 36.7 Å². The molecule has 0 saturated carbocycles. The Bertz CT molecular complexity index is 741. The topological polar surface area (TPSA) is 46.9 Å². The van der Waals surface area contributed by atoms with E-state index in [1.807, 2.05) is 29.8 Å². The number of unbranched alkanes of at least 4 members (excludes halogenated alkanes) is 1. The summed E-state index contributed by atoms with van der Waals surface area (Å²) in [7, 11) is 1.96. The molecule has 0 radical (unpaired) electrons. The largest absolute Gasteiger partial charge is 0.320 e. The van der Waals surface area contributed by atoms with E-state index in [0.717, 1.165) is 41.6 Å². The van der Waals surface area contributed by atoms with Crippen LogP contribution in [0.25, 0.3) is 10.9 Å². The van der Waals surface area contributed by atoms with Crippen molar-refractivity contribution in [3.63, 3.8) is 0 Å². The summed E-state index contributed by atoms with van der Waals surface area (Å²) in [6.07, 6.45) is 2.94. The minimum absolute atomic E-state index is 0. The molecule has 0 aliphatic heterocycles. The van der Waals surface area contributed by atoms with E-state index in [1.165, 1.54) is 0 Å². The van der Waals surface area contributed by atoms with E-state index in [4.69, 9.17) is 4.98 Å². The summed E-state index contributed by atoms with van der Waals surface area (Å²) in [6, 6.07) is 5.72. The highest BCUT2D eigenvalue weighted by Crippen LogP contribution is 2.20. The van der Waals surface area contributed by atoms with Crippen LogP contribution in [0.3, 0.4) is 0 Å². The molecule has 0 amide bonds. The van der Waals surface area contributed by atoms with Gasteiger partial charge < -0.3 is 5.32 Å². The average Bonchev–Trinajstić information content (AvgIpc) is 2.47. The van der Waals surface area contributed by atoms with Crippen LogP contribution in [0.4, 0.5) is 0 Å². The molecule has 2 aromatic rings. The van der Waals surface area contributed by atoms with Gasteiger partial charge in [0.15, 0.2) is 0 Å². The van der Waals surface area contributed by atoms with Gasteiger partial charge in [-0.25, -0.2) is 4.98 Å². The van der Waals surface area contributed by atoms with E-state index >= 15 is 0 Å². The van der Waals surface area contributed by atoms with Crippen LogP contribution in [-0.4, -0.2) is 23.1 Å². The molecule has 0 spiro atoms. The van der Waals surface area contributed by atoms with Gasteiger partial charge in [0.05, 0.1) is 10.9 Å². The van der Waals surface area contributed by atoms with E-state index < -0.39 is 0 Å². The van der Waals surface area contributed by atoms with Gasteiger partial charge in [-0.15, -0.1) is 24.8 Å². The Morgan fingerprint density at radius 1 is 1.20 bits per heavy atom. The SMILES string of the molecule is CNCCCCc1nc2ccc(Br)cc2c(=O)n1CC(C)(C)C.Cl.Cl. The number of rotatable bonds is 6. The first kappa shape index (κ1) is 24.4. The molecule has 0 bridgehead atoms. The van der Waals surface area contributed by atoms with Gasteiger partial charge in [0, 0.05) is 17.4 Å². The summed E-state index contributed by atoms with van der Waals surface area (Å²) in [4.78, 5) is 17.7. The van der Waals surface area contributed by atoms with Gasteiger partial charge in [0.25, 0.3) is 5.56 Å². The Hall–Kier alpha value is -0.620. The molecule has 1 N–H and O–H groups in total. The van der Waals surface area contributed by atoms with E-state index in [1.54, 1.807) is 0 Å². The first-order valence-electron chi connectivity index (χ1n) is 8.15. The highest BCUT2D eigenvalue weighted by Gasteiger charge is 2.17. The molecule has 1 aromatic heterocycles. The number of aromatic nitrogens is 2. The maximum Gasteiger partial charge on any atom is 0.261 e. The van der Waals surface area contributed by atoms with E-state index in [-0.39, 0.29) is 35.8 Å². The van der Waals surface area contributed by atoms with Crippen molar-refractivity contribution in [2.45, 2.75) is 46.6 Å². The van der Waals surface area contributed by atoms with Crippen molar-refractivity contribution in [2.75, 3.05) is 13.6 Å². The van der Waals surface area contributed by atoms with Gasteiger partial charge in [-0.05, 0) is 50.0 Å². The molecular weight excluding hydrogens is 425 g/mol. The Balaban J connectivity index is 0.00000288. The van der Waals surface area contributed by atoms with Gasteiger partial charge in [-0.3, -0.25) is 9.36 Å². The lowest BCUT2D eigenvalue weighted by Gasteiger charge is -2.22. The average molecular weight is 453 g/mol. The van der Waals surface area contributed by atoms with Crippen molar-refractivity contribution in [3.8, 4) is 0 Å². The van der Waals surface area contributed by atoms with Gasteiger partial charge in [0.1, 0.15) is 5.82 Å². The molecule has 1 aromatic carbocycles. The van der Waals surface area contributed by atoms with Crippen molar-refractivity contribution in [3.05, 3.63) is 38.9 Å². The molecule has 0 atom stereocenters. The number of nitrogens with one attached hydrogen (secondary N) is 1. The summed E-state index contributed by atoms with van der Waals surface area (Å²) in [5.74, 6) is 0.899. The van der Waals surface area contributed by atoms with Crippen LogP contribution in [0.2, 0.25) is 0 Å². The molecule has 4 nitrogen and oxygen atoms in total. The zero-order chi connectivity index (χ0) is 17.0. The lowest BCUT2D eigenvalue weighted by Crippen LogP contribution is -2.30. The van der Waals surface area contributed by atoms with Gasteiger partial charge in [-0.2, -0.15) is 0 Å². The molecule has 2 rings (SSSR count). The molecule has 0 fully saturated rings. The molecule has 7 heteroatoms. The first-order valence-corrected chi connectivity index (χ1v) is 8.95. The highest BCUT2D eigenvalue weighted by atomic mass is 79.9. The summed E-state index contributed by atoms with van der Waals surface area (Å²) >= 11 is 3.45. The fraction of sp³-hybridized carbons (Fsp3) is 0.556. The van der Waals surface area contributed by atoms with Crippen molar-refractivity contribution in [1.29, 1.82) is 0 Å². The minimum atomic E-state index is 0. The maximum atomic E-state index is 13.0. The van der Waals surface area contributed by atoms with E-state index in [2.05, 4.69) is 42.0 Å². The number of benzene rings is 1. The fourth-order valence-corrected chi connectivity index (χ4v) is 3.01. The third-order valence-corrected chi connectivity index (χ3v) is 4.20. The Labute approximate surface area is 170 Å². The van der Waals surface area contributed by atoms with E-state index in [9.17, 15) is 4.79 Å². The smallest absolute Gasteiger partial charge is 0.261 e. The Morgan fingerprint density at radius 3 is 2.48 bits per heavy atom. The maximum absolute atomic E-state index is 13.0. The summed E-state index contributed by atoms with van der Waals surface area (Å²) in [5, 5.41) is 3.84. The standard InChI is InChI=1S/C18H26BrN3O.2ClH/c1-18(2,3)12-22-16(7-5-6-10-20-4)21-15-9-8-13(19)11-14(15)17(22)23;;/h8-9,11,20H,5-7,10,12H2,1-4H3;2*1H. The third-order valence-electron chi connectivity index (χ3n) is 3.70. The molecular formula is C18H28BrCl2N3O. The predicted octanol–water partition coefficient (Wildman–Crippen LogP) is 4.59. The number of halogens is 3. The summed E-state index contributed by atoms with van der Waals surface area (Å²) in [6.45, 7) is 8.12. The van der Waals surface area contributed by atoms with Crippen LogP contribution in [0, 0.1) is 5.41 Å². The number of hydrogen-bond donors (Lipinski definition) is 1. The predicted molar refractivity (Wildman–Crippen MR) is 115 cm³/mol. The number of hydrogen-bond acceptors (Lipinski definition) is 3. The summed E-state index contributed by atoms with van der Waals surface area (Å²) in [5.41, 5.74) is 0.882. The second kappa shape index (κ2) is 10.5. The van der Waals surface area contributed by atoms with Crippen molar-refractivity contribution in [1.82, 2.24) is 14.9 Å². The second-order valence-corrected chi connectivity index (χ2v) is 8.12. The molecule has 0 aliphatic carbocycles. The number of nitrogens with zero attached hydrogens (tertiary/aromatic N) is 2. The monoisotopic (exact) mass is 451 g/mol. The van der Waals surface area contributed by atoms with Crippen molar-refractivity contribution in [2.24, 2.45) is 5.41 Å². The lowest BCUT2D eigenvalue weighted by molar-refractivity contribution is 0.330. The Morgan fingerprint density at radius 2 is 1.88 bits per heavy atom. The first-order chi connectivity index (χ1) is 10.8. The molecule has 0 unspecified atom stereocenters. The van der Waals surface area contributed by atoms with Crippen LogP contribution in [0.15, 0.2) is 27.5 Å². The van der Waals surface area contributed by atoms with Crippen molar-refractivity contribution >= 4 is 51.6 Å². The summed E-state index contributed by atoms with van der Waals surface area (Å²) < 4.78 is 2.78. The van der Waals surface area contributed by atoms with Crippen molar-refractivity contribution < 1.29 is 0 Å². The normalized spacial score (nSPS) is 11.1. The van der Waals surface area contributed by atoms with E-state index in [0.29, 0.717) is 11.9 Å². The highest BCUT2D eigenvalue weighted by molar-refractivity contribution is 9.10. The zero-order valence-electron chi connectivity index (χ0n) is 15.3. The van der Waals surface area contributed by atoms with Crippen LogP contribution in [-0.2, 0) is 13.0 Å². The number of fused-ring (bicyclic) bond motifs is 1. The van der Waals surface area contributed by atoms with Crippen LogP contribution >= 0.6 is 40.7 Å². The number of aryl methyl sites for hydroxylation is 1. The van der Waals surface area contributed by atoms with Gasteiger partial charge >= 0.3 is 0 Å². The van der Waals surface area contributed by atoms with Crippen LogP contribution in [0.1, 0.15) is 39.4 Å². The van der Waals surface area contributed by atoms with Crippen LogP contribution < -0.4 is 10.9 Å². The van der Waals surface area contributed by atoms with Gasteiger partial charge in [0.2, 0.25) is 0 Å². The lowest BCUT2D eigenvalue weighted by atomic mass is 9.96. The third kappa shape index (κ3) is 6.89. The molecule has 1 heterocycles. The zero-order valence-corrected chi connectivity index (χ0v) is 18.5. The minimum Gasteiger partial charge on any atom is -0.320 e. The fourth-order valence-electron chi connectivity index (χ4n) is 2.65. The molecule has 0 saturated heterocycles. The van der Waals surface area contributed by atoms with Crippen LogP contribution in [0.5, 0.6) is 0 Å². The quantitative estimate of drug-likeness (QED) is 0.651. The molecule has 25 heavy (non-hydrogen) atoms. The second-order valence-electron chi connectivity index (χ2n) is 7.20.